The summed E-state index contributed by atoms with van der Waals surface area (Å²) in [7, 11) is 0. The Balaban J connectivity index is 2.04. The molecule has 0 unspecified atom stereocenters. The van der Waals surface area contributed by atoms with Crippen LogP contribution in [0, 0.1) is 0 Å². The SMILES string of the molecule is CCOC(=O)c1cnc2c(cnn2Cc2ccccc2)c1OCC. The van der Waals surface area contributed by atoms with Gasteiger partial charge >= 0.3 is 5.97 Å². The minimum absolute atomic E-state index is 0.301. The van der Waals surface area contributed by atoms with Crippen LogP contribution in [0.25, 0.3) is 11.0 Å². The minimum atomic E-state index is -0.439. The van der Waals surface area contributed by atoms with Crippen LogP contribution < -0.4 is 4.74 Å². The summed E-state index contributed by atoms with van der Waals surface area (Å²) in [4.78, 5) is 16.5. The van der Waals surface area contributed by atoms with Crippen LogP contribution in [-0.2, 0) is 11.3 Å². The van der Waals surface area contributed by atoms with E-state index in [-0.39, 0.29) is 0 Å². The van der Waals surface area contributed by atoms with Crippen molar-refractivity contribution in [3.63, 3.8) is 0 Å². The van der Waals surface area contributed by atoms with Gasteiger partial charge < -0.3 is 9.47 Å². The van der Waals surface area contributed by atoms with Gasteiger partial charge in [0.1, 0.15) is 11.3 Å². The van der Waals surface area contributed by atoms with Crippen LogP contribution in [0.15, 0.2) is 42.7 Å². The third kappa shape index (κ3) is 3.08. The van der Waals surface area contributed by atoms with Crippen LogP contribution in [0.3, 0.4) is 0 Å². The molecule has 0 atom stereocenters. The average Bonchev–Trinajstić information content (AvgIpc) is 3.00. The fourth-order valence-corrected chi connectivity index (χ4v) is 2.53. The van der Waals surface area contributed by atoms with Crippen molar-refractivity contribution >= 4 is 17.0 Å². The number of ether oxygens (including phenoxy) is 2. The first kappa shape index (κ1) is 16.0. The summed E-state index contributed by atoms with van der Waals surface area (Å²) in [5.74, 6) is 0.0337. The Morgan fingerprint density at radius 3 is 2.62 bits per heavy atom. The molecular formula is C18H19N3O3. The highest BCUT2D eigenvalue weighted by Crippen LogP contribution is 2.29. The molecule has 0 aliphatic rings. The van der Waals surface area contributed by atoms with E-state index in [0.717, 1.165) is 5.56 Å². The van der Waals surface area contributed by atoms with Gasteiger partial charge in [0.15, 0.2) is 5.65 Å². The van der Waals surface area contributed by atoms with Gasteiger partial charge in [0.25, 0.3) is 0 Å². The third-order valence-corrected chi connectivity index (χ3v) is 3.58. The molecule has 0 saturated heterocycles. The van der Waals surface area contributed by atoms with Crippen LogP contribution in [0.2, 0.25) is 0 Å². The first-order chi connectivity index (χ1) is 11.7. The predicted molar refractivity (Wildman–Crippen MR) is 90.2 cm³/mol. The number of pyridine rings is 1. The Kier molecular flexibility index (Phi) is 4.74. The van der Waals surface area contributed by atoms with E-state index in [2.05, 4.69) is 10.1 Å². The van der Waals surface area contributed by atoms with E-state index < -0.39 is 5.97 Å². The summed E-state index contributed by atoms with van der Waals surface area (Å²) in [6, 6.07) is 10.0. The van der Waals surface area contributed by atoms with Gasteiger partial charge in [-0.05, 0) is 19.4 Å². The summed E-state index contributed by atoms with van der Waals surface area (Å²) in [6.45, 7) is 4.98. The molecule has 0 aliphatic heterocycles. The molecule has 0 saturated carbocycles. The maximum atomic E-state index is 12.1. The Morgan fingerprint density at radius 2 is 1.92 bits per heavy atom. The van der Waals surface area contributed by atoms with Gasteiger partial charge in [0, 0.05) is 6.20 Å². The first-order valence-electron chi connectivity index (χ1n) is 7.93. The topological polar surface area (TPSA) is 66.2 Å². The number of esters is 1. The molecule has 2 heterocycles. The zero-order valence-electron chi connectivity index (χ0n) is 13.7. The lowest BCUT2D eigenvalue weighted by Crippen LogP contribution is -2.09. The van der Waals surface area contributed by atoms with E-state index in [1.54, 1.807) is 17.8 Å². The fourth-order valence-electron chi connectivity index (χ4n) is 2.53. The van der Waals surface area contributed by atoms with Crippen LogP contribution in [-0.4, -0.2) is 33.9 Å². The highest BCUT2D eigenvalue weighted by Gasteiger charge is 2.20. The van der Waals surface area contributed by atoms with Gasteiger partial charge in [-0.25, -0.2) is 14.5 Å². The maximum Gasteiger partial charge on any atom is 0.343 e. The molecule has 6 heteroatoms. The lowest BCUT2D eigenvalue weighted by Gasteiger charge is -2.10. The monoisotopic (exact) mass is 325 g/mol. The van der Waals surface area contributed by atoms with Gasteiger partial charge in [-0.3, -0.25) is 0 Å². The highest BCUT2D eigenvalue weighted by atomic mass is 16.5. The minimum Gasteiger partial charge on any atom is -0.492 e. The molecule has 0 N–H and O–H groups in total. The zero-order valence-corrected chi connectivity index (χ0v) is 13.7. The lowest BCUT2D eigenvalue weighted by molar-refractivity contribution is 0.0522. The molecule has 0 radical (unpaired) electrons. The van der Waals surface area contributed by atoms with Crippen molar-refractivity contribution in [3.8, 4) is 5.75 Å². The van der Waals surface area contributed by atoms with E-state index in [1.165, 1.54) is 6.20 Å². The van der Waals surface area contributed by atoms with Crippen LogP contribution in [0.4, 0.5) is 0 Å². The summed E-state index contributed by atoms with van der Waals surface area (Å²) < 4.78 is 12.6. The second kappa shape index (κ2) is 7.12. The molecule has 0 bridgehead atoms. The molecule has 0 spiro atoms. The van der Waals surface area contributed by atoms with E-state index in [4.69, 9.17) is 9.47 Å². The third-order valence-electron chi connectivity index (χ3n) is 3.58. The van der Waals surface area contributed by atoms with Gasteiger partial charge in [0.05, 0.1) is 31.3 Å². The van der Waals surface area contributed by atoms with Gasteiger partial charge in [0.2, 0.25) is 0 Å². The molecule has 24 heavy (non-hydrogen) atoms. The number of rotatable bonds is 6. The van der Waals surface area contributed by atoms with Crippen molar-refractivity contribution in [1.82, 2.24) is 14.8 Å². The zero-order chi connectivity index (χ0) is 16.9. The largest absolute Gasteiger partial charge is 0.492 e. The van der Waals surface area contributed by atoms with E-state index in [9.17, 15) is 4.79 Å². The molecule has 3 aromatic rings. The predicted octanol–water partition coefficient (Wildman–Crippen LogP) is 3.06. The Labute approximate surface area is 140 Å². The van der Waals surface area contributed by atoms with Crippen molar-refractivity contribution in [1.29, 1.82) is 0 Å². The standard InChI is InChI=1S/C18H19N3O3/c1-3-23-16-14-11-20-21(12-13-8-6-5-7-9-13)17(14)19-10-15(16)18(22)24-4-2/h5-11H,3-4,12H2,1-2H3. The van der Waals surface area contributed by atoms with Crippen LogP contribution in [0.5, 0.6) is 5.75 Å². The first-order valence-corrected chi connectivity index (χ1v) is 7.93. The molecule has 0 aliphatic carbocycles. The molecule has 2 aromatic heterocycles. The second-order valence-corrected chi connectivity index (χ2v) is 5.18. The highest BCUT2D eigenvalue weighted by molar-refractivity contribution is 5.98. The smallest absolute Gasteiger partial charge is 0.343 e. The van der Waals surface area contributed by atoms with Crippen LogP contribution >= 0.6 is 0 Å². The number of benzene rings is 1. The molecule has 6 nitrogen and oxygen atoms in total. The van der Waals surface area contributed by atoms with Crippen molar-refractivity contribution in [2.75, 3.05) is 13.2 Å². The molecule has 124 valence electrons. The summed E-state index contributed by atoms with van der Waals surface area (Å²) >= 11 is 0. The quantitative estimate of drug-likeness (QED) is 0.652. The van der Waals surface area contributed by atoms with Gasteiger partial charge in [-0.1, -0.05) is 30.3 Å². The number of hydrogen-bond donors (Lipinski definition) is 0. The van der Waals surface area contributed by atoms with Crippen molar-refractivity contribution in [2.24, 2.45) is 0 Å². The van der Waals surface area contributed by atoms with E-state index in [1.807, 2.05) is 37.3 Å². The van der Waals surface area contributed by atoms with E-state index in [0.29, 0.717) is 42.1 Å². The molecule has 3 rings (SSSR count). The normalized spacial score (nSPS) is 10.8. The van der Waals surface area contributed by atoms with Gasteiger partial charge in [-0.15, -0.1) is 0 Å². The summed E-state index contributed by atoms with van der Waals surface area (Å²) in [5.41, 5.74) is 2.12. The number of aromatic nitrogens is 3. The molecular weight excluding hydrogens is 306 g/mol. The Morgan fingerprint density at radius 1 is 1.12 bits per heavy atom. The maximum absolute atomic E-state index is 12.1. The van der Waals surface area contributed by atoms with Gasteiger partial charge in [-0.2, -0.15) is 5.10 Å². The van der Waals surface area contributed by atoms with Crippen molar-refractivity contribution < 1.29 is 14.3 Å². The Bertz CT molecular complexity index is 843. The number of fused-ring (bicyclic) bond motifs is 1. The number of carbonyl (C=O) groups excluding carboxylic acids is 1. The lowest BCUT2D eigenvalue weighted by atomic mass is 10.2. The fraction of sp³-hybridized carbons (Fsp3) is 0.278. The Hall–Kier alpha value is -2.89. The van der Waals surface area contributed by atoms with Crippen molar-refractivity contribution in [3.05, 3.63) is 53.9 Å². The molecule has 1 aromatic carbocycles. The molecule has 0 fully saturated rings. The van der Waals surface area contributed by atoms with Crippen LogP contribution in [0.1, 0.15) is 29.8 Å². The van der Waals surface area contributed by atoms with Crippen molar-refractivity contribution in [2.45, 2.75) is 20.4 Å². The van der Waals surface area contributed by atoms with E-state index >= 15 is 0 Å². The number of hydrogen-bond acceptors (Lipinski definition) is 5. The summed E-state index contributed by atoms with van der Waals surface area (Å²) in [5, 5.41) is 5.11. The number of nitrogens with zero attached hydrogens (tertiary/aromatic N) is 3. The average molecular weight is 325 g/mol. The molecule has 0 amide bonds. The second-order valence-electron chi connectivity index (χ2n) is 5.18. The summed E-state index contributed by atoms with van der Waals surface area (Å²) in [6.07, 6.45) is 3.17. The number of carbonyl (C=O) groups is 1.